The summed E-state index contributed by atoms with van der Waals surface area (Å²) in [7, 11) is 0. The first-order valence-electron chi connectivity index (χ1n) is 5.60. The number of amides is 1. The van der Waals surface area contributed by atoms with Crippen molar-refractivity contribution in [2.45, 2.75) is 6.92 Å². The fourth-order valence-corrected chi connectivity index (χ4v) is 4.78. The molecule has 0 unspecified atom stereocenters. The van der Waals surface area contributed by atoms with E-state index >= 15 is 0 Å². The molecular weight excluding hydrogens is 518 g/mol. The monoisotopic (exact) mass is 523 g/mol. The summed E-state index contributed by atoms with van der Waals surface area (Å²) >= 11 is 13.7. The Morgan fingerprint density at radius 1 is 0.950 bits per heavy atom. The molecule has 20 heavy (non-hydrogen) atoms. The Hall–Kier alpha value is -0.170. The number of nitrogens with one attached hydrogen (secondary N) is 1. The van der Waals surface area contributed by atoms with Crippen LogP contribution in [0.15, 0.2) is 48.2 Å². The molecule has 2 aromatic carbocycles. The molecule has 0 aliphatic rings. The molecule has 2 rings (SSSR count). The van der Waals surface area contributed by atoms with Gasteiger partial charge in [-0.3, -0.25) is 4.79 Å². The maximum absolute atomic E-state index is 12.3. The first-order chi connectivity index (χ1) is 9.38. The number of carbonyl (C=O) groups excluding carboxylic acids is 1. The van der Waals surface area contributed by atoms with E-state index in [2.05, 4.69) is 69.0 Å². The van der Waals surface area contributed by atoms with E-state index in [0.29, 0.717) is 11.3 Å². The number of hydrogen-bond acceptors (Lipinski definition) is 1. The zero-order valence-electron chi connectivity index (χ0n) is 10.3. The van der Waals surface area contributed by atoms with Crippen LogP contribution in [0.4, 0.5) is 5.69 Å². The second-order valence-electron chi connectivity index (χ2n) is 4.18. The summed E-state index contributed by atoms with van der Waals surface area (Å²) < 4.78 is 3.30. The highest BCUT2D eigenvalue weighted by Gasteiger charge is 2.14. The number of rotatable bonds is 2. The van der Waals surface area contributed by atoms with Crippen molar-refractivity contribution in [1.82, 2.24) is 0 Å². The van der Waals surface area contributed by atoms with E-state index in [1.165, 1.54) is 0 Å². The lowest BCUT2D eigenvalue weighted by molar-refractivity contribution is 0.102. The van der Waals surface area contributed by atoms with E-state index in [1.807, 2.05) is 31.2 Å². The van der Waals surface area contributed by atoms with Gasteiger partial charge >= 0.3 is 0 Å². The van der Waals surface area contributed by atoms with Crippen LogP contribution in [-0.4, -0.2) is 5.91 Å². The topological polar surface area (TPSA) is 29.1 Å². The summed E-state index contributed by atoms with van der Waals surface area (Å²) in [5, 5.41) is 2.90. The zero-order chi connectivity index (χ0) is 14.9. The molecule has 1 amide bonds. The van der Waals surface area contributed by atoms with Gasteiger partial charge in [0.25, 0.3) is 5.91 Å². The molecule has 0 aromatic heterocycles. The SMILES string of the molecule is Cc1ccc(C(=O)Nc2c(Br)cc(Br)cc2Br)c(Br)c1. The molecule has 0 saturated carbocycles. The van der Waals surface area contributed by atoms with Crippen molar-refractivity contribution in [2.24, 2.45) is 0 Å². The van der Waals surface area contributed by atoms with Crippen LogP contribution in [0, 0.1) is 6.92 Å². The Kier molecular flexibility index (Phi) is 5.45. The Balaban J connectivity index is 2.33. The lowest BCUT2D eigenvalue weighted by Crippen LogP contribution is -2.13. The highest BCUT2D eigenvalue weighted by Crippen LogP contribution is 2.35. The average molecular weight is 527 g/mol. The van der Waals surface area contributed by atoms with E-state index in [-0.39, 0.29) is 5.91 Å². The third-order valence-electron chi connectivity index (χ3n) is 2.61. The van der Waals surface area contributed by atoms with E-state index in [9.17, 15) is 4.79 Å². The predicted octanol–water partition coefficient (Wildman–Crippen LogP) is 6.30. The van der Waals surface area contributed by atoms with Crippen molar-refractivity contribution in [3.63, 3.8) is 0 Å². The molecule has 0 spiro atoms. The van der Waals surface area contributed by atoms with Gasteiger partial charge in [0.2, 0.25) is 0 Å². The standard InChI is InChI=1S/C14H9Br4NO/c1-7-2-3-9(10(16)4-7)14(20)19-13-11(17)5-8(15)6-12(13)18/h2-6H,1H3,(H,19,20). The van der Waals surface area contributed by atoms with Gasteiger partial charge in [-0.25, -0.2) is 0 Å². The first kappa shape index (κ1) is 16.2. The van der Waals surface area contributed by atoms with Crippen LogP contribution < -0.4 is 5.32 Å². The molecular formula is C14H9Br4NO. The van der Waals surface area contributed by atoms with Crippen LogP contribution >= 0.6 is 63.7 Å². The minimum Gasteiger partial charge on any atom is -0.320 e. The minimum absolute atomic E-state index is 0.166. The zero-order valence-corrected chi connectivity index (χ0v) is 16.7. The van der Waals surface area contributed by atoms with Crippen LogP contribution in [0.25, 0.3) is 0 Å². The molecule has 0 heterocycles. The molecule has 0 bridgehead atoms. The van der Waals surface area contributed by atoms with Crippen molar-refractivity contribution in [3.8, 4) is 0 Å². The Bertz CT molecular complexity index is 662. The van der Waals surface area contributed by atoms with Crippen molar-refractivity contribution in [2.75, 3.05) is 5.32 Å². The highest BCUT2D eigenvalue weighted by atomic mass is 79.9. The minimum atomic E-state index is -0.166. The van der Waals surface area contributed by atoms with Crippen LogP contribution in [0.2, 0.25) is 0 Å². The molecule has 0 fully saturated rings. The van der Waals surface area contributed by atoms with E-state index in [4.69, 9.17) is 0 Å². The van der Waals surface area contributed by atoms with Gasteiger partial charge in [-0.1, -0.05) is 22.0 Å². The van der Waals surface area contributed by atoms with Crippen LogP contribution in [-0.2, 0) is 0 Å². The lowest BCUT2D eigenvalue weighted by atomic mass is 10.1. The van der Waals surface area contributed by atoms with Gasteiger partial charge in [-0.15, -0.1) is 0 Å². The highest BCUT2D eigenvalue weighted by molar-refractivity contribution is 9.11. The quantitative estimate of drug-likeness (QED) is 0.489. The van der Waals surface area contributed by atoms with Gasteiger partial charge in [0.15, 0.2) is 0 Å². The van der Waals surface area contributed by atoms with E-state index in [0.717, 1.165) is 23.5 Å². The first-order valence-corrected chi connectivity index (χ1v) is 8.77. The van der Waals surface area contributed by atoms with Gasteiger partial charge in [-0.05, 0) is 84.5 Å². The molecule has 2 nitrogen and oxygen atoms in total. The second-order valence-corrected chi connectivity index (χ2v) is 7.66. The summed E-state index contributed by atoms with van der Waals surface area (Å²) in [5.74, 6) is -0.166. The summed E-state index contributed by atoms with van der Waals surface area (Å²) in [6, 6.07) is 9.39. The smallest absolute Gasteiger partial charge is 0.256 e. The van der Waals surface area contributed by atoms with Crippen molar-refractivity contribution in [1.29, 1.82) is 0 Å². The fraction of sp³-hybridized carbons (Fsp3) is 0.0714. The fourth-order valence-electron chi connectivity index (χ4n) is 1.65. The van der Waals surface area contributed by atoms with Gasteiger partial charge in [0.05, 0.1) is 11.3 Å². The molecule has 0 saturated heterocycles. The van der Waals surface area contributed by atoms with E-state index < -0.39 is 0 Å². The number of anilines is 1. The summed E-state index contributed by atoms with van der Waals surface area (Å²) in [5.41, 5.74) is 2.39. The number of aryl methyl sites for hydroxylation is 1. The third-order valence-corrected chi connectivity index (χ3v) is 4.98. The van der Waals surface area contributed by atoms with Gasteiger partial charge in [0, 0.05) is 17.9 Å². The number of halogens is 4. The molecule has 0 aliphatic heterocycles. The second kappa shape index (κ2) is 6.73. The number of benzene rings is 2. The maximum Gasteiger partial charge on any atom is 0.256 e. The summed E-state index contributed by atoms with van der Waals surface area (Å²) in [6.07, 6.45) is 0. The van der Waals surface area contributed by atoms with Crippen LogP contribution in [0.1, 0.15) is 15.9 Å². The molecule has 1 N–H and O–H groups in total. The van der Waals surface area contributed by atoms with E-state index in [1.54, 1.807) is 6.07 Å². The molecule has 0 radical (unpaired) electrons. The van der Waals surface area contributed by atoms with Crippen molar-refractivity contribution < 1.29 is 4.79 Å². The third kappa shape index (κ3) is 3.72. The molecule has 104 valence electrons. The molecule has 0 atom stereocenters. The Labute approximate surface area is 150 Å². The van der Waals surface area contributed by atoms with Gasteiger partial charge < -0.3 is 5.32 Å². The maximum atomic E-state index is 12.3. The Morgan fingerprint density at radius 3 is 2.10 bits per heavy atom. The predicted molar refractivity (Wildman–Crippen MR) is 96.4 cm³/mol. The molecule has 0 aliphatic carbocycles. The van der Waals surface area contributed by atoms with Crippen LogP contribution in [0.5, 0.6) is 0 Å². The van der Waals surface area contributed by atoms with Crippen LogP contribution in [0.3, 0.4) is 0 Å². The van der Waals surface area contributed by atoms with Gasteiger partial charge in [-0.2, -0.15) is 0 Å². The normalized spacial score (nSPS) is 10.4. The van der Waals surface area contributed by atoms with Crippen molar-refractivity contribution in [3.05, 3.63) is 59.3 Å². The van der Waals surface area contributed by atoms with Gasteiger partial charge in [0.1, 0.15) is 0 Å². The Morgan fingerprint density at radius 2 is 1.55 bits per heavy atom. The number of hydrogen-bond donors (Lipinski definition) is 1. The lowest BCUT2D eigenvalue weighted by Gasteiger charge is -2.11. The average Bonchev–Trinajstić information content (AvgIpc) is 2.33. The summed E-state index contributed by atoms with van der Waals surface area (Å²) in [4.78, 5) is 12.3. The number of carbonyl (C=O) groups is 1. The molecule has 6 heteroatoms. The van der Waals surface area contributed by atoms with Crippen molar-refractivity contribution >= 4 is 75.3 Å². The molecule has 2 aromatic rings. The largest absolute Gasteiger partial charge is 0.320 e. The summed E-state index contributed by atoms with van der Waals surface area (Å²) in [6.45, 7) is 1.98.